The molecule has 0 atom stereocenters. The molecule has 0 aliphatic carbocycles. The van der Waals surface area contributed by atoms with Gasteiger partial charge < -0.3 is 0 Å². The van der Waals surface area contributed by atoms with Crippen molar-refractivity contribution in [3.05, 3.63) is 46.3 Å². The van der Waals surface area contributed by atoms with Gasteiger partial charge in [0.2, 0.25) is 0 Å². The SMILES string of the molecule is N#Cc1nccnc1Sc1cc(Cl)ccc1Cl. The zero-order valence-corrected chi connectivity index (χ0v) is 10.7. The van der Waals surface area contributed by atoms with Gasteiger partial charge in [-0.3, -0.25) is 0 Å². The number of halogens is 2. The molecule has 0 amide bonds. The lowest BCUT2D eigenvalue weighted by Gasteiger charge is -2.04. The Bertz CT molecular complexity index is 596. The smallest absolute Gasteiger partial charge is 0.173 e. The molecule has 0 unspecified atom stereocenters. The van der Waals surface area contributed by atoms with Crippen LogP contribution < -0.4 is 0 Å². The summed E-state index contributed by atoms with van der Waals surface area (Å²) in [6.07, 6.45) is 3.00. The van der Waals surface area contributed by atoms with Crippen molar-refractivity contribution >= 4 is 35.0 Å². The molecule has 0 fully saturated rings. The zero-order chi connectivity index (χ0) is 12.3. The average Bonchev–Trinajstić information content (AvgIpc) is 2.34. The normalized spacial score (nSPS) is 9.94. The summed E-state index contributed by atoms with van der Waals surface area (Å²) in [5.41, 5.74) is 0.272. The first kappa shape index (κ1) is 12.2. The molecule has 17 heavy (non-hydrogen) atoms. The highest BCUT2D eigenvalue weighted by Gasteiger charge is 2.09. The summed E-state index contributed by atoms with van der Waals surface area (Å²) < 4.78 is 0. The van der Waals surface area contributed by atoms with Crippen molar-refractivity contribution < 1.29 is 0 Å². The molecule has 0 bridgehead atoms. The van der Waals surface area contributed by atoms with Crippen molar-refractivity contribution in [2.24, 2.45) is 0 Å². The molecule has 1 aromatic carbocycles. The number of hydrogen-bond acceptors (Lipinski definition) is 4. The molecule has 0 aliphatic heterocycles. The van der Waals surface area contributed by atoms with Gasteiger partial charge in [-0.1, -0.05) is 35.0 Å². The van der Waals surface area contributed by atoms with Crippen molar-refractivity contribution in [2.45, 2.75) is 9.92 Å². The average molecular weight is 282 g/mol. The summed E-state index contributed by atoms with van der Waals surface area (Å²) in [5.74, 6) is 0. The van der Waals surface area contributed by atoms with Gasteiger partial charge in [0.1, 0.15) is 11.1 Å². The van der Waals surface area contributed by atoms with Gasteiger partial charge in [-0.25, -0.2) is 9.97 Å². The largest absolute Gasteiger partial charge is 0.245 e. The molecular formula is C11H5Cl2N3S. The molecule has 1 heterocycles. The highest BCUT2D eigenvalue weighted by molar-refractivity contribution is 7.99. The van der Waals surface area contributed by atoms with Crippen LogP contribution in [0.1, 0.15) is 5.69 Å². The zero-order valence-electron chi connectivity index (χ0n) is 8.39. The monoisotopic (exact) mass is 281 g/mol. The minimum absolute atomic E-state index is 0.272. The third-order valence-corrected chi connectivity index (χ3v) is 3.60. The fourth-order valence-electron chi connectivity index (χ4n) is 1.14. The van der Waals surface area contributed by atoms with Crippen LogP contribution in [-0.2, 0) is 0 Å². The quantitative estimate of drug-likeness (QED) is 0.840. The first-order valence-electron chi connectivity index (χ1n) is 4.54. The van der Waals surface area contributed by atoms with E-state index >= 15 is 0 Å². The lowest BCUT2D eigenvalue weighted by molar-refractivity contribution is 1.02. The molecule has 2 rings (SSSR count). The molecule has 0 radical (unpaired) electrons. The van der Waals surface area contributed by atoms with Crippen LogP contribution in [0, 0.1) is 11.3 Å². The maximum absolute atomic E-state index is 8.90. The molecule has 6 heteroatoms. The van der Waals surface area contributed by atoms with E-state index in [2.05, 4.69) is 9.97 Å². The predicted octanol–water partition coefficient (Wildman–Crippen LogP) is 3.81. The fraction of sp³-hybridized carbons (Fsp3) is 0. The van der Waals surface area contributed by atoms with E-state index in [1.807, 2.05) is 6.07 Å². The van der Waals surface area contributed by atoms with Crippen LogP contribution in [0.25, 0.3) is 0 Å². The Morgan fingerprint density at radius 2 is 1.94 bits per heavy atom. The van der Waals surface area contributed by atoms with Crippen molar-refractivity contribution in [1.29, 1.82) is 5.26 Å². The van der Waals surface area contributed by atoms with Crippen molar-refractivity contribution in [1.82, 2.24) is 9.97 Å². The molecule has 0 spiro atoms. The first-order valence-corrected chi connectivity index (χ1v) is 6.12. The van der Waals surface area contributed by atoms with Crippen LogP contribution in [0.2, 0.25) is 10.0 Å². The van der Waals surface area contributed by atoms with Crippen LogP contribution >= 0.6 is 35.0 Å². The second-order valence-corrected chi connectivity index (χ2v) is 4.87. The van der Waals surface area contributed by atoms with Gasteiger partial charge in [-0.15, -0.1) is 0 Å². The van der Waals surface area contributed by atoms with E-state index in [1.54, 1.807) is 18.2 Å². The molecule has 3 nitrogen and oxygen atoms in total. The second-order valence-electron chi connectivity index (χ2n) is 3.00. The van der Waals surface area contributed by atoms with Gasteiger partial charge in [-0.05, 0) is 18.2 Å². The summed E-state index contributed by atoms with van der Waals surface area (Å²) in [5, 5.41) is 10.6. The Labute approximate surface area is 112 Å². The van der Waals surface area contributed by atoms with Crippen molar-refractivity contribution in [2.75, 3.05) is 0 Å². The highest BCUT2D eigenvalue weighted by Crippen LogP contribution is 2.34. The molecule has 0 aliphatic rings. The number of nitriles is 1. The highest BCUT2D eigenvalue weighted by atomic mass is 35.5. The van der Waals surface area contributed by atoms with Gasteiger partial charge in [-0.2, -0.15) is 5.26 Å². The van der Waals surface area contributed by atoms with Gasteiger partial charge >= 0.3 is 0 Å². The minimum Gasteiger partial charge on any atom is -0.245 e. The van der Waals surface area contributed by atoms with Gasteiger partial charge in [0.05, 0.1) is 5.02 Å². The number of aromatic nitrogens is 2. The van der Waals surface area contributed by atoms with E-state index < -0.39 is 0 Å². The third-order valence-electron chi connectivity index (χ3n) is 1.87. The summed E-state index contributed by atoms with van der Waals surface area (Å²) >= 11 is 13.2. The first-order chi connectivity index (χ1) is 8.20. The Balaban J connectivity index is 2.38. The summed E-state index contributed by atoms with van der Waals surface area (Å²) in [7, 11) is 0. The molecule has 0 saturated carbocycles. The van der Waals surface area contributed by atoms with Gasteiger partial charge in [0.25, 0.3) is 0 Å². The van der Waals surface area contributed by atoms with E-state index in [0.29, 0.717) is 15.1 Å². The second kappa shape index (κ2) is 5.37. The summed E-state index contributed by atoms with van der Waals surface area (Å²) in [4.78, 5) is 8.76. The standard InChI is InChI=1S/C11H5Cl2N3S/c12-7-1-2-8(13)10(5-7)17-11-9(6-14)15-3-4-16-11/h1-5H. The summed E-state index contributed by atoms with van der Waals surface area (Å²) in [6.45, 7) is 0. The Morgan fingerprint density at radius 3 is 2.71 bits per heavy atom. The number of nitrogens with zero attached hydrogens (tertiary/aromatic N) is 3. The van der Waals surface area contributed by atoms with Gasteiger partial charge in [0, 0.05) is 22.3 Å². The number of hydrogen-bond donors (Lipinski definition) is 0. The minimum atomic E-state index is 0.272. The Kier molecular flexibility index (Phi) is 3.85. The lowest BCUT2D eigenvalue weighted by atomic mass is 10.4. The van der Waals surface area contributed by atoms with E-state index in [-0.39, 0.29) is 5.69 Å². The van der Waals surface area contributed by atoms with Crippen molar-refractivity contribution in [3.63, 3.8) is 0 Å². The number of rotatable bonds is 2. The van der Waals surface area contributed by atoms with E-state index in [9.17, 15) is 0 Å². The predicted molar refractivity (Wildman–Crippen MR) is 67.3 cm³/mol. The van der Waals surface area contributed by atoms with Crippen LogP contribution in [0.4, 0.5) is 0 Å². The van der Waals surface area contributed by atoms with Crippen LogP contribution in [0.5, 0.6) is 0 Å². The molecule has 1 aromatic heterocycles. The van der Waals surface area contributed by atoms with E-state index in [0.717, 1.165) is 4.90 Å². The molecule has 2 aromatic rings. The Hall–Kier alpha value is -1.28. The maximum Gasteiger partial charge on any atom is 0.173 e. The van der Waals surface area contributed by atoms with Crippen LogP contribution in [-0.4, -0.2) is 9.97 Å². The maximum atomic E-state index is 8.90. The Morgan fingerprint density at radius 1 is 1.18 bits per heavy atom. The topological polar surface area (TPSA) is 49.6 Å². The fourth-order valence-corrected chi connectivity index (χ4v) is 2.47. The van der Waals surface area contributed by atoms with Crippen LogP contribution in [0.15, 0.2) is 40.5 Å². The summed E-state index contributed by atoms with van der Waals surface area (Å²) in [6, 6.07) is 7.11. The third kappa shape index (κ3) is 2.89. The van der Waals surface area contributed by atoms with E-state index in [1.165, 1.54) is 24.2 Å². The van der Waals surface area contributed by atoms with Crippen LogP contribution in [0.3, 0.4) is 0 Å². The molecule has 0 saturated heterocycles. The van der Waals surface area contributed by atoms with E-state index in [4.69, 9.17) is 28.5 Å². The van der Waals surface area contributed by atoms with Gasteiger partial charge in [0.15, 0.2) is 5.69 Å². The molecule has 84 valence electrons. The lowest BCUT2D eigenvalue weighted by Crippen LogP contribution is -1.89. The molecule has 0 N–H and O–H groups in total. The number of benzene rings is 1. The molecular weight excluding hydrogens is 277 g/mol. The van der Waals surface area contributed by atoms with Crippen molar-refractivity contribution in [3.8, 4) is 6.07 Å².